The van der Waals surface area contributed by atoms with Gasteiger partial charge in [-0.3, -0.25) is 4.90 Å². The van der Waals surface area contributed by atoms with Gasteiger partial charge >= 0.3 is 21.7 Å². The molecule has 4 aliphatic rings. The van der Waals surface area contributed by atoms with Crippen LogP contribution in [0.3, 0.4) is 0 Å². The van der Waals surface area contributed by atoms with Crippen molar-refractivity contribution in [2.24, 2.45) is 5.41 Å². The van der Waals surface area contributed by atoms with Crippen molar-refractivity contribution in [2.45, 2.75) is 83.0 Å². The molecule has 0 radical (unpaired) electrons. The minimum absolute atomic E-state index is 0. The van der Waals surface area contributed by atoms with Gasteiger partial charge in [-0.15, -0.1) is 11.2 Å². The second-order valence-corrected chi connectivity index (χ2v) is 13.3. The molecule has 1 heterocycles. The van der Waals surface area contributed by atoms with Gasteiger partial charge in [0.2, 0.25) is 0 Å². The molecule has 4 heteroatoms. The zero-order valence-corrected chi connectivity index (χ0v) is 22.3. The van der Waals surface area contributed by atoms with Crippen LogP contribution in [0.15, 0.2) is 35.6 Å². The standard InChI is InChI=1S/C22H35N2Si.3CH3.Ti/c1-25(2,23-19-11-5-3-6-12-19)20-17-21(24-15-9-10-16-24)22(18-20)13-7-4-8-14-22;;;;/h4,7-8,13,17,19,21H,3,5-6,9-12,14-16,18H2,1-2H3;3*1H3;/q4*-1;+4. The van der Waals surface area contributed by atoms with E-state index in [2.05, 4.69) is 48.4 Å². The maximum absolute atomic E-state index is 5.50. The molecule has 162 valence electrons. The molecule has 0 aromatic carbocycles. The van der Waals surface area contributed by atoms with Gasteiger partial charge in [0, 0.05) is 11.5 Å². The van der Waals surface area contributed by atoms with Gasteiger partial charge in [-0.2, -0.15) is 0 Å². The van der Waals surface area contributed by atoms with Crippen LogP contribution in [0.25, 0.3) is 4.98 Å². The molecule has 0 bridgehead atoms. The van der Waals surface area contributed by atoms with Gasteiger partial charge in [0.05, 0.1) is 0 Å². The number of likely N-dealkylation sites (tertiary alicyclic amines) is 1. The fourth-order valence-corrected chi connectivity index (χ4v) is 8.23. The third-order valence-corrected chi connectivity index (χ3v) is 9.97. The molecule has 0 amide bonds. The molecule has 0 aromatic heterocycles. The van der Waals surface area contributed by atoms with Crippen molar-refractivity contribution in [3.63, 3.8) is 0 Å². The van der Waals surface area contributed by atoms with Crippen LogP contribution in [-0.2, 0) is 21.7 Å². The topological polar surface area (TPSA) is 17.3 Å². The quantitative estimate of drug-likeness (QED) is 0.332. The Morgan fingerprint density at radius 1 is 0.966 bits per heavy atom. The third kappa shape index (κ3) is 6.29. The zero-order valence-electron chi connectivity index (χ0n) is 19.7. The van der Waals surface area contributed by atoms with Gasteiger partial charge in [-0.05, 0) is 47.0 Å². The molecule has 1 aliphatic heterocycles. The van der Waals surface area contributed by atoms with E-state index in [0.717, 1.165) is 0 Å². The number of allylic oxidation sites excluding steroid dienone is 4. The Balaban J connectivity index is 0.00000196. The number of rotatable bonds is 4. The largest absolute Gasteiger partial charge is 4.00 e. The van der Waals surface area contributed by atoms with Crippen LogP contribution in [0.4, 0.5) is 0 Å². The molecule has 29 heavy (non-hydrogen) atoms. The van der Waals surface area contributed by atoms with E-state index in [4.69, 9.17) is 4.98 Å². The molecular formula is C25H44N2SiTi. The maximum atomic E-state index is 5.50. The van der Waals surface area contributed by atoms with Gasteiger partial charge < -0.3 is 27.3 Å². The van der Waals surface area contributed by atoms with Gasteiger partial charge in [0.15, 0.2) is 0 Å². The van der Waals surface area contributed by atoms with Crippen molar-refractivity contribution in [1.29, 1.82) is 0 Å². The Morgan fingerprint density at radius 2 is 1.62 bits per heavy atom. The Labute approximate surface area is 198 Å². The first-order valence-electron chi connectivity index (χ1n) is 10.6. The molecule has 1 saturated heterocycles. The molecule has 1 spiro atoms. The number of hydrogen-bond acceptors (Lipinski definition) is 1. The Morgan fingerprint density at radius 3 is 2.21 bits per heavy atom. The van der Waals surface area contributed by atoms with Gasteiger partial charge in [-0.25, -0.2) is 0 Å². The maximum Gasteiger partial charge on any atom is 4.00 e. The average molecular weight is 449 g/mol. The van der Waals surface area contributed by atoms with Crippen molar-refractivity contribution < 1.29 is 21.7 Å². The minimum atomic E-state index is -1.66. The molecular weight excluding hydrogens is 404 g/mol. The van der Waals surface area contributed by atoms with Crippen LogP contribution < -0.4 is 0 Å². The Bertz CT molecular complexity index is 571. The molecule has 2 fully saturated rings. The number of hydrogen-bond donors (Lipinski definition) is 0. The first kappa shape index (κ1) is 29.1. The predicted octanol–water partition coefficient (Wildman–Crippen LogP) is 7.08. The molecule has 1 saturated carbocycles. The van der Waals surface area contributed by atoms with Crippen molar-refractivity contribution in [3.8, 4) is 0 Å². The van der Waals surface area contributed by atoms with Crippen LogP contribution in [0, 0.1) is 27.7 Å². The average Bonchev–Trinajstić information content (AvgIpc) is 3.24. The fourth-order valence-electron chi connectivity index (χ4n) is 5.56. The van der Waals surface area contributed by atoms with Crippen molar-refractivity contribution in [2.75, 3.05) is 13.1 Å². The summed E-state index contributed by atoms with van der Waals surface area (Å²) in [4.78, 5) is 8.26. The summed E-state index contributed by atoms with van der Waals surface area (Å²) < 4.78 is 0. The molecule has 4 rings (SSSR count). The van der Waals surface area contributed by atoms with E-state index in [-0.39, 0.29) is 44.0 Å². The van der Waals surface area contributed by atoms with E-state index in [1.54, 1.807) is 5.20 Å². The van der Waals surface area contributed by atoms with Gasteiger partial charge in [0.1, 0.15) is 0 Å². The number of nitrogens with zero attached hydrogens (tertiary/aromatic N) is 2. The van der Waals surface area contributed by atoms with E-state index in [1.165, 1.54) is 70.9 Å². The Hall–Kier alpha value is 0.0712. The summed E-state index contributed by atoms with van der Waals surface area (Å²) in [5.74, 6) is 0. The second-order valence-electron chi connectivity index (χ2n) is 9.26. The summed E-state index contributed by atoms with van der Waals surface area (Å²) in [6, 6.07) is 1.26. The first-order valence-corrected chi connectivity index (χ1v) is 13.6. The van der Waals surface area contributed by atoms with Crippen molar-refractivity contribution in [1.82, 2.24) is 4.90 Å². The monoisotopic (exact) mass is 448 g/mol. The summed E-state index contributed by atoms with van der Waals surface area (Å²) in [5.41, 5.74) is 0.320. The second kappa shape index (κ2) is 12.2. The zero-order chi connectivity index (χ0) is 17.3. The van der Waals surface area contributed by atoms with E-state index >= 15 is 0 Å². The Kier molecular flexibility index (Phi) is 12.2. The SMILES string of the molecule is C[Si](C)([N-]C1CCCCC1)C1=CC(N2CCCC2)C2(C=CC=CC2)C1.[CH3-].[CH3-].[CH3-].[Ti+4]. The molecule has 3 aliphatic carbocycles. The van der Waals surface area contributed by atoms with Crippen LogP contribution >= 0.6 is 0 Å². The minimum Gasteiger partial charge on any atom is -0.659 e. The smallest absolute Gasteiger partial charge is 0.659 e. The summed E-state index contributed by atoms with van der Waals surface area (Å²) in [6.45, 7) is 7.59. The van der Waals surface area contributed by atoms with Gasteiger partial charge in [0.25, 0.3) is 0 Å². The van der Waals surface area contributed by atoms with E-state index in [0.29, 0.717) is 17.5 Å². The predicted molar refractivity (Wildman–Crippen MR) is 130 cm³/mol. The van der Waals surface area contributed by atoms with Crippen LogP contribution in [0.5, 0.6) is 0 Å². The van der Waals surface area contributed by atoms with Gasteiger partial charge in [-0.1, -0.05) is 75.6 Å². The molecule has 2 nitrogen and oxygen atoms in total. The summed E-state index contributed by atoms with van der Waals surface area (Å²) in [5, 5.41) is 1.73. The summed E-state index contributed by atoms with van der Waals surface area (Å²) in [7, 11) is -1.66. The van der Waals surface area contributed by atoms with E-state index in [9.17, 15) is 0 Å². The first-order chi connectivity index (χ1) is 12.1. The van der Waals surface area contributed by atoms with Crippen molar-refractivity contribution >= 4 is 8.24 Å². The molecule has 2 unspecified atom stereocenters. The van der Waals surface area contributed by atoms with Crippen molar-refractivity contribution in [3.05, 3.63) is 62.8 Å². The summed E-state index contributed by atoms with van der Waals surface area (Å²) in [6.07, 6.45) is 24.3. The van der Waals surface area contributed by atoms with Crippen LogP contribution in [0.1, 0.15) is 57.8 Å². The fraction of sp³-hybridized carbons (Fsp3) is 0.640. The molecule has 0 aromatic rings. The normalized spacial score (nSPS) is 29.4. The molecule has 0 N–H and O–H groups in total. The van der Waals surface area contributed by atoms with Crippen LogP contribution in [-0.4, -0.2) is 38.3 Å². The molecule has 2 atom stereocenters. The summed E-state index contributed by atoms with van der Waals surface area (Å²) >= 11 is 0. The third-order valence-electron chi connectivity index (χ3n) is 7.04. The van der Waals surface area contributed by atoms with Crippen LogP contribution in [0.2, 0.25) is 13.1 Å². The van der Waals surface area contributed by atoms with E-state index < -0.39 is 8.24 Å². The van der Waals surface area contributed by atoms with E-state index in [1.807, 2.05) is 0 Å².